The van der Waals surface area contributed by atoms with E-state index in [2.05, 4.69) is 32.9 Å². The minimum absolute atomic E-state index is 0.767. The second kappa shape index (κ2) is 3.03. The predicted molar refractivity (Wildman–Crippen MR) is 59.8 cm³/mol. The number of hydrogen-bond acceptors (Lipinski definition) is 3. The summed E-state index contributed by atoms with van der Waals surface area (Å²) < 4.78 is 2.92. The van der Waals surface area contributed by atoms with Crippen LogP contribution in [0, 0.1) is 5.92 Å². The van der Waals surface area contributed by atoms with Gasteiger partial charge in [0.1, 0.15) is 0 Å². The molecule has 0 aromatic carbocycles. The SMILES string of the molecule is CC1CCc2nc3sc(Br)nn3c2C1. The summed E-state index contributed by atoms with van der Waals surface area (Å²) in [7, 11) is 0. The molecule has 2 heterocycles. The van der Waals surface area contributed by atoms with Gasteiger partial charge in [-0.3, -0.25) is 0 Å². The lowest BCUT2D eigenvalue weighted by Crippen LogP contribution is -2.12. The molecule has 0 N–H and O–H groups in total. The van der Waals surface area contributed by atoms with Crippen molar-refractivity contribution in [2.75, 3.05) is 0 Å². The lowest BCUT2D eigenvalue weighted by Gasteiger charge is -2.16. The summed E-state index contributed by atoms with van der Waals surface area (Å²) >= 11 is 5.00. The summed E-state index contributed by atoms with van der Waals surface area (Å²) in [5, 5.41) is 4.41. The highest BCUT2D eigenvalue weighted by Crippen LogP contribution is 2.29. The third-order valence-electron chi connectivity index (χ3n) is 2.77. The maximum Gasteiger partial charge on any atom is 0.213 e. The van der Waals surface area contributed by atoms with E-state index in [9.17, 15) is 0 Å². The van der Waals surface area contributed by atoms with Gasteiger partial charge < -0.3 is 0 Å². The molecule has 1 aliphatic rings. The van der Waals surface area contributed by atoms with E-state index in [-0.39, 0.29) is 0 Å². The number of aryl methyl sites for hydroxylation is 1. The van der Waals surface area contributed by atoms with Crippen LogP contribution in [0.3, 0.4) is 0 Å². The Morgan fingerprint density at radius 1 is 1.57 bits per heavy atom. The molecule has 1 aliphatic carbocycles. The highest BCUT2D eigenvalue weighted by molar-refractivity contribution is 9.11. The Hall–Kier alpha value is -0.420. The molecule has 1 atom stereocenters. The third-order valence-corrected chi connectivity index (χ3v) is 4.11. The van der Waals surface area contributed by atoms with Crippen molar-refractivity contribution in [3.05, 3.63) is 15.3 Å². The average molecular weight is 272 g/mol. The van der Waals surface area contributed by atoms with Crippen LogP contribution < -0.4 is 0 Å². The van der Waals surface area contributed by atoms with Crippen molar-refractivity contribution in [1.29, 1.82) is 0 Å². The number of aromatic nitrogens is 3. The van der Waals surface area contributed by atoms with E-state index in [4.69, 9.17) is 0 Å². The smallest absolute Gasteiger partial charge is 0.213 e. The second-order valence-electron chi connectivity index (χ2n) is 3.90. The monoisotopic (exact) mass is 271 g/mol. The molecular formula is C9H10BrN3S. The van der Waals surface area contributed by atoms with E-state index in [1.54, 1.807) is 11.3 Å². The summed E-state index contributed by atoms with van der Waals surface area (Å²) in [6.45, 7) is 2.30. The summed E-state index contributed by atoms with van der Waals surface area (Å²) in [6.07, 6.45) is 3.50. The summed E-state index contributed by atoms with van der Waals surface area (Å²) in [5.41, 5.74) is 2.58. The molecule has 5 heteroatoms. The van der Waals surface area contributed by atoms with Gasteiger partial charge in [0.25, 0.3) is 0 Å². The number of hydrogen-bond donors (Lipinski definition) is 0. The molecule has 0 saturated heterocycles. The normalized spacial score (nSPS) is 21.4. The maximum absolute atomic E-state index is 4.60. The first-order valence-corrected chi connectivity index (χ1v) is 6.38. The molecule has 3 nitrogen and oxygen atoms in total. The van der Waals surface area contributed by atoms with Crippen molar-refractivity contribution in [3.63, 3.8) is 0 Å². The van der Waals surface area contributed by atoms with Crippen LogP contribution in [-0.4, -0.2) is 14.6 Å². The average Bonchev–Trinajstić information content (AvgIpc) is 2.62. The Morgan fingerprint density at radius 3 is 3.29 bits per heavy atom. The fraction of sp³-hybridized carbons (Fsp3) is 0.556. The molecule has 0 aliphatic heterocycles. The molecule has 0 saturated carbocycles. The lowest BCUT2D eigenvalue weighted by atomic mass is 9.92. The van der Waals surface area contributed by atoms with Gasteiger partial charge in [-0.25, -0.2) is 9.50 Å². The maximum atomic E-state index is 4.60. The van der Waals surface area contributed by atoms with Gasteiger partial charge in [0.05, 0.1) is 11.4 Å². The molecule has 2 aromatic rings. The topological polar surface area (TPSA) is 30.2 Å². The number of fused-ring (bicyclic) bond motifs is 3. The molecule has 74 valence electrons. The fourth-order valence-corrected chi connectivity index (χ4v) is 3.29. The Morgan fingerprint density at radius 2 is 2.43 bits per heavy atom. The van der Waals surface area contributed by atoms with Gasteiger partial charge in [0.2, 0.25) is 4.96 Å². The first-order chi connectivity index (χ1) is 6.74. The molecule has 14 heavy (non-hydrogen) atoms. The van der Waals surface area contributed by atoms with E-state index in [0.29, 0.717) is 0 Å². The van der Waals surface area contributed by atoms with Gasteiger partial charge in [-0.2, -0.15) is 0 Å². The quantitative estimate of drug-likeness (QED) is 0.738. The molecule has 0 amide bonds. The van der Waals surface area contributed by atoms with Gasteiger partial charge in [-0.1, -0.05) is 18.3 Å². The van der Waals surface area contributed by atoms with Crippen molar-refractivity contribution < 1.29 is 0 Å². The minimum Gasteiger partial charge on any atom is -0.222 e. The first-order valence-electron chi connectivity index (χ1n) is 4.77. The third kappa shape index (κ3) is 1.22. The van der Waals surface area contributed by atoms with Gasteiger partial charge in [0.15, 0.2) is 3.92 Å². The Bertz CT molecular complexity index is 487. The minimum atomic E-state index is 0.767. The van der Waals surface area contributed by atoms with Gasteiger partial charge in [0, 0.05) is 0 Å². The zero-order chi connectivity index (χ0) is 9.71. The molecule has 0 spiro atoms. The molecule has 1 unspecified atom stereocenters. The van der Waals surface area contributed by atoms with Crippen LogP contribution in [0.5, 0.6) is 0 Å². The van der Waals surface area contributed by atoms with Crippen LogP contribution >= 0.6 is 27.3 Å². The Labute approximate surface area is 94.3 Å². The van der Waals surface area contributed by atoms with Crippen molar-refractivity contribution in [2.24, 2.45) is 5.92 Å². The van der Waals surface area contributed by atoms with Gasteiger partial charge in [-0.05, 0) is 41.1 Å². The van der Waals surface area contributed by atoms with Crippen LogP contribution in [0.25, 0.3) is 4.96 Å². The van der Waals surface area contributed by atoms with Crippen molar-refractivity contribution >= 4 is 32.2 Å². The highest BCUT2D eigenvalue weighted by Gasteiger charge is 2.22. The van der Waals surface area contributed by atoms with E-state index >= 15 is 0 Å². The lowest BCUT2D eigenvalue weighted by molar-refractivity contribution is 0.484. The Balaban J connectivity index is 2.23. The van der Waals surface area contributed by atoms with Gasteiger partial charge in [-0.15, -0.1) is 5.10 Å². The van der Waals surface area contributed by atoms with E-state index in [1.807, 2.05) is 4.52 Å². The van der Waals surface area contributed by atoms with Crippen LogP contribution in [0.15, 0.2) is 3.92 Å². The fourth-order valence-electron chi connectivity index (χ4n) is 2.03. The number of rotatable bonds is 0. The molecule has 0 bridgehead atoms. The van der Waals surface area contributed by atoms with E-state index in [1.165, 1.54) is 17.8 Å². The number of imidazole rings is 1. The summed E-state index contributed by atoms with van der Waals surface area (Å²) in [5.74, 6) is 0.767. The summed E-state index contributed by atoms with van der Waals surface area (Å²) in [6, 6.07) is 0. The van der Waals surface area contributed by atoms with Crippen molar-refractivity contribution in [3.8, 4) is 0 Å². The largest absolute Gasteiger partial charge is 0.222 e. The van der Waals surface area contributed by atoms with Gasteiger partial charge >= 0.3 is 0 Å². The standard InChI is InChI=1S/C9H10BrN3S/c1-5-2-3-6-7(4-5)13-9(11-6)14-8(10)12-13/h5H,2-4H2,1H3. The zero-order valence-electron chi connectivity index (χ0n) is 7.83. The molecule has 0 fully saturated rings. The molecule has 2 aromatic heterocycles. The predicted octanol–water partition coefficient (Wildman–Crippen LogP) is 2.68. The van der Waals surface area contributed by atoms with Crippen molar-refractivity contribution in [1.82, 2.24) is 14.6 Å². The first kappa shape index (κ1) is 8.85. The number of nitrogens with zero attached hydrogens (tertiary/aromatic N) is 3. The van der Waals surface area contributed by atoms with Crippen molar-refractivity contribution in [2.45, 2.75) is 26.2 Å². The Kier molecular flexibility index (Phi) is 1.92. The number of halogens is 1. The zero-order valence-corrected chi connectivity index (χ0v) is 10.2. The van der Waals surface area contributed by atoms with Crippen LogP contribution in [0.1, 0.15) is 24.7 Å². The van der Waals surface area contributed by atoms with E-state index < -0.39 is 0 Å². The van der Waals surface area contributed by atoms with Crippen LogP contribution in [0.4, 0.5) is 0 Å². The van der Waals surface area contributed by atoms with Crippen LogP contribution in [-0.2, 0) is 12.8 Å². The second-order valence-corrected chi connectivity index (χ2v) is 6.13. The molecule has 3 rings (SSSR count). The van der Waals surface area contributed by atoms with E-state index in [0.717, 1.165) is 27.6 Å². The van der Waals surface area contributed by atoms with Crippen LogP contribution in [0.2, 0.25) is 0 Å². The molecule has 0 radical (unpaired) electrons. The highest BCUT2D eigenvalue weighted by atomic mass is 79.9. The molecular weight excluding hydrogens is 262 g/mol. The summed E-state index contributed by atoms with van der Waals surface area (Å²) in [4.78, 5) is 5.62.